The standard InChI is InChI=1S/C21H22N4/c1-16-8-10-17(11-9-16)15-23-20-12-13-22-21(24-20)25-14-4-6-18-5-2-3-7-19(18)25/h2-3,5,7-13H,4,6,14-15H2,1H3,(H,22,23,24). The maximum Gasteiger partial charge on any atom is 0.231 e. The Kier molecular flexibility index (Phi) is 4.34. The Morgan fingerprint density at radius 2 is 1.88 bits per heavy atom. The van der Waals surface area contributed by atoms with Crippen LogP contribution in [0, 0.1) is 6.92 Å². The van der Waals surface area contributed by atoms with E-state index in [9.17, 15) is 0 Å². The lowest BCUT2D eigenvalue weighted by Crippen LogP contribution is -2.26. The van der Waals surface area contributed by atoms with Gasteiger partial charge in [0.05, 0.1) is 0 Å². The zero-order valence-electron chi connectivity index (χ0n) is 14.4. The number of aryl methyl sites for hydroxylation is 2. The molecule has 0 saturated carbocycles. The molecule has 1 aliphatic heterocycles. The Balaban J connectivity index is 1.53. The normalized spacial score (nSPS) is 13.4. The van der Waals surface area contributed by atoms with Crippen molar-refractivity contribution < 1.29 is 0 Å². The van der Waals surface area contributed by atoms with Gasteiger partial charge in [-0.25, -0.2) is 4.98 Å². The smallest absolute Gasteiger partial charge is 0.231 e. The lowest BCUT2D eigenvalue weighted by molar-refractivity contribution is 0.750. The van der Waals surface area contributed by atoms with Gasteiger partial charge in [-0.05, 0) is 43.0 Å². The third-order valence-electron chi connectivity index (χ3n) is 4.59. The number of anilines is 3. The molecule has 0 fully saturated rings. The molecule has 1 aliphatic rings. The third kappa shape index (κ3) is 3.48. The molecule has 4 rings (SSSR count). The summed E-state index contributed by atoms with van der Waals surface area (Å²) in [5.74, 6) is 1.62. The van der Waals surface area contributed by atoms with Crippen LogP contribution in [-0.4, -0.2) is 16.5 Å². The first kappa shape index (κ1) is 15.6. The summed E-state index contributed by atoms with van der Waals surface area (Å²) in [7, 11) is 0. The lowest BCUT2D eigenvalue weighted by Gasteiger charge is -2.29. The molecule has 0 unspecified atom stereocenters. The van der Waals surface area contributed by atoms with E-state index >= 15 is 0 Å². The third-order valence-corrected chi connectivity index (χ3v) is 4.59. The Hall–Kier alpha value is -2.88. The molecule has 0 spiro atoms. The number of aromatic nitrogens is 2. The summed E-state index contributed by atoms with van der Waals surface area (Å²) in [6.45, 7) is 3.82. The summed E-state index contributed by atoms with van der Waals surface area (Å²) in [6, 6.07) is 19.0. The largest absolute Gasteiger partial charge is 0.366 e. The highest BCUT2D eigenvalue weighted by molar-refractivity contribution is 5.64. The molecule has 4 nitrogen and oxygen atoms in total. The van der Waals surface area contributed by atoms with Crippen molar-refractivity contribution >= 4 is 17.5 Å². The predicted octanol–water partition coefficient (Wildman–Crippen LogP) is 4.48. The first-order valence-corrected chi connectivity index (χ1v) is 8.77. The predicted molar refractivity (Wildman–Crippen MR) is 102 cm³/mol. The number of rotatable bonds is 4. The van der Waals surface area contributed by atoms with E-state index in [1.54, 1.807) is 0 Å². The van der Waals surface area contributed by atoms with E-state index in [0.29, 0.717) is 0 Å². The number of para-hydroxylation sites is 1. The fraction of sp³-hybridized carbons (Fsp3) is 0.238. The van der Waals surface area contributed by atoms with Gasteiger partial charge in [0.1, 0.15) is 5.82 Å². The van der Waals surface area contributed by atoms with Crippen LogP contribution in [0.4, 0.5) is 17.5 Å². The van der Waals surface area contributed by atoms with Crippen molar-refractivity contribution in [3.8, 4) is 0 Å². The van der Waals surface area contributed by atoms with Gasteiger partial charge in [-0.3, -0.25) is 0 Å². The summed E-state index contributed by atoms with van der Waals surface area (Å²) >= 11 is 0. The van der Waals surface area contributed by atoms with Crippen LogP contribution < -0.4 is 10.2 Å². The summed E-state index contributed by atoms with van der Waals surface area (Å²) < 4.78 is 0. The molecule has 0 radical (unpaired) electrons. The van der Waals surface area contributed by atoms with Crippen LogP contribution in [0.25, 0.3) is 0 Å². The van der Waals surface area contributed by atoms with Gasteiger partial charge in [-0.1, -0.05) is 48.0 Å². The molecule has 2 heterocycles. The molecule has 126 valence electrons. The van der Waals surface area contributed by atoms with E-state index in [-0.39, 0.29) is 0 Å². The molecule has 1 N–H and O–H groups in total. The van der Waals surface area contributed by atoms with Gasteiger partial charge in [0, 0.05) is 25.0 Å². The van der Waals surface area contributed by atoms with Gasteiger partial charge < -0.3 is 10.2 Å². The molecule has 0 aliphatic carbocycles. The van der Waals surface area contributed by atoms with Gasteiger partial charge >= 0.3 is 0 Å². The van der Waals surface area contributed by atoms with Gasteiger partial charge in [0.15, 0.2) is 0 Å². The highest BCUT2D eigenvalue weighted by Gasteiger charge is 2.19. The average Bonchev–Trinajstić information content (AvgIpc) is 2.67. The zero-order valence-corrected chi connectivity index (χ0v) is 14.4. The maximum absolute atomic E-state index is 4.73. The number of hydrogen-bond donors (Lipinski definition) is 1. The Bertz CT molecular complexity index is 858. The SMILES string of the molecule is Cc1ccc(CNc2ccnc(N3CCCc4ccccc43)n2)cc1. The second kappa shape index (κ2) is 6.93. The van der Waals surface area contributed by atoms with Crippen molar-refractivity contribution in [2.45, 2.75) is 26.3 Å². The van der Waals surface area contributed by atoms with E-state index in [1.165, 1.54) is 22.4 Å². The van der Waals surface area contributed by atoms with E-state index in [2.05, 4.69) is 70.7 Å². The number of nitrogens with zero attached hydrogens (tertiary/aromatic N) is 3. The molecule has 2 aromatic carbocycles. The van der Waals surface area contributed by atoms with Crippen LogP contribution in [0.2, 0.25) is 0 Å². The van der Waals surface area contributed by atoms with Crippen molar-refractivity contribution in [1.29, 1.82) is 0 Å². The van der Waals surface area contributed by atoms with Crippen molar-refractivity contribution in [2.75, 3.05) is 16.8 Å². The van der Waals surface area contributed by atoms with Crippen LogP contribution in [0.3, 0.4) is 0 Å². The van der Waals surface area contributed by atoms with Gasteiger partial charge in [0.25, 0.3) is 0 Å². The minimum atomic E-state index is 0.757. The molecule has 3 aromatic rings. The average molecular weight is 330 g/mol. The highest BCUT2D eigenvalue weighted by Crippen LogP contribution is 2.31. The van der Waals surface area contributed by atoms with Crippen LogP contribution in [0.5, 0.6) is 0 Å². The minimum absolute atomic E-state index is 0.757. The van der Waals surface area contributed by atoms with Crippen molar-refractivity contribution in [2.24, 2.45) is 0 Å². The zero-order chi connectivity index (χ0) is 17.1. The first-order chi connectivity index (χ1) is 12.3. The van der Waals surface area contributed by atoms with Crippen LogP contribution in [-0.2, 0) is 13.0 Å². The van der Waals surface area contributed by atoms with Crippen molar-refractivity contribution in [1.82, 2.24) is 9.97 Å². The van der Waals surface area contributed by atoms with Crippen molar-refractivity contribution in [3.63, 3.8) is 0 Å². The van der Waals surface area contributed by atoms with Gasteiger partial charge in [0.2, 0.25) is 5.95 Å². The lowest BCUT2D eigenvalue weighted by atomic mass is 10.0. The maximum atomic E-state index is 4.73. The Labute approximate surface area is 148 Å². The molecule has 1 aromatic heterocycles. The molecule has 0 atom stereocenters. The van der Waals surface area contributed by atoms with E-state index < -0.39 is 0 Å². The second-order valence-corrected chi connectivity index (χ2v) is 6.46. The van der Waals surface area contributed by atoms with Crippen LogP contribution in [0.15, 0.2) is 60.8 Å². The number of hydrogen-bond acceptors (Lipinski definition) is 4. The Morgan fingerprint density at radius 3 is 2.76 bits per heavy atom. The molecule has 0 saturated heterocycles. The van der Waals surface area contributed by atoms with Gasteiger partial charge in [-0.15, -0.1) is 0 Å². The molecule has 25 heavy (non-hydrogen) atoms. The molecule has 0 bridgehead atoms. The fourth-order valence-corrected chi connectivity index (χ4v) is 3.22. The molecule has 0 amide bonds. The number of nitrogens with one attached hydrogen (secondary N) is 1. The quantitative estimate of drug-likeness (QED) is 0.766. The van der Waals surface area contributed by atoms with Crippen molar-refractivity contribution in [3.05, 3.63) is 77.5 Å². The fourth-order valence-electron chi connectivity index (χ4n) is 3.22. The summed E-state index contributed by atoms with van der Waals surface area (Å²) in [4.78, 5) is 11.5. The van der Waals surface area contributed by atoms with E-state index in [0.717, 1.165) is 37.7 Å². The van der Waals surface area contributed by atoms with E-state index in [4.69, 9.17) is 4.98 Å². The summed E-state index contributed by atoms with van der Waals surface area (Å²) in [6.07, 6.45) is 4.08. The highest BCUT2D eigenvalue weighted by atomic mass is 15.3. The minimum Gasteiger partial charge on any atom is -0.366 e. The summed E-state index contributed by atoms with van der Waals surface area (Å²) in [5.41, 5.74) is 5.12. The van der Waals surface area contributed by atoms with Gasteiger partial charge in [-0.2, -0.15) is 4.98 Å². The van der Waals surface area contributed by atoms with Crippen LogP contribution >= 0.6 is 0 Å². The van der Waals surface area contributed by atoms with E-state index in [1.807, 2.05) is 12.3 Å². The monoisotopic (exact) mass is 330 g/mol. The topological polar surface area (TPSA) is 41.1 Å². The summed E-state index contributed by atoms with van der Waals surface area (Å²) in [5, 5.41) is 3.41. The molecular formula is C21H22N4. The molecule has 4 heteroatoms. The Morgan fingerprint density at radius 1 is 1.04 bits per heavy atom. The first-order valence-electron chi connectivity index (χ1n) is 8.77. The van der Waals surface area contributed by atoms with Crippen LogP contribution in [0.1, 0.15) is 23.1 Å². The second-order valence-electron chi connectivity index (χ2n) is 6.46. The number of benzene rings is 2. The number of fused-ring (bicyclic) bond motifs is 1. The molecular weight excluding hydrogens is 308 g/mol.